The molecule has 0 spiro atoms. The second-order valence-electron chi connectivity index (χ2n) is 5.93. The van der Waals surface area contributed by atoms with E-state index >= 15 is 0 Å². The van der Waals surface area contributed by atoms with Crippen molar-refractivity contribution in [2.24, 2.45) is 5.41 Å². The van der Waals surface area contributed by atoms with Crippen LogP contribution < -0.4 is 10.1 Å². The first-order valence-electron chi connectivity index (χ1n) is 7.00. The van der Waals surface area contributed by atoms with Crippen LogP contribution in [0.1, 0.15) is 33.3 Å². The van der Waals surface area contributed by atoms with Crippen LogP contribution in [-0.2, 0) is 16.1 Å². The molecule has 0 atom stereocenters. The third-order valence-electron chi connectivity index (χ3n) is 3.06. The SMILES string of the molecule is COC(=O)C(C)(C)COc1c(F)cccc1CNC(C)C. The van der Waals surface area contributed by atoms with E-state index in [0.717, 1.165) is 5.56 Å². The molecule has 5 heteroatoms. The molecule has 1 aromatic carbocycles. The molecule has 0 heterocycles. The minimum Gasteiger partial charge on any atom is -0.489 e. The fraction of sp³-hybridized carbons (Fsp3) is 0.562. The number of methoxy groups -OCH3 is 1. The number of nitrogens with one attached hydrogen (secondary N) is 1. The quantitative estimate of drug-likeness (QED) is 0.786. The van der Waals surface area contributed by atoms with Crippen molar-refractivity contribution >= 4 is 5.97 Å². The Bertz CT molecular complexity index is 486. The van der Waals surface area contributed by atoms with E-state index in [0.29, 0.717) is 6.54 Å². The number of halogens is 1. The Morgan fingerprint density at radius 1 is 1.38 bits per heavy atom. The molecule has 1 N–H and O–H groups in total. The summed E-state index contributed by atoms with van der Waals surface area (Å²) >= 11 is 0. The van der Waals surface area contributed by atoms with Gasteiger partial charge in [-0.3, -0.25) is 4.79 Å². The highest BCUT2D eigenvalue weighted by molar-refractivity contribution is 5.75. The molecule has 0 amide bonds. The Balaban J connectivity index is 2.84. The Kier molecular flexibility index (Phi) is 6.15. The molecule has 0 aliphatic rings. The van der Waals surface area contributed by atoms with Gasteiger partial charge in [-0.05, 0) is 19.9 Å². The zero-order valence-corrected chi connectivity index (χ0v) is 13.3. The van der Waals surface area contributed by atoms with Crippen molar-refractivity contribution in [3.05, 3.63) is 29.6 Å². The van der Waals surface area contributed by atoms with Gasteiger partial charge in [-0.15, -0.1) is 0 Å². The fourth-order valence-electron chi connectivity index (χ4n) is 1.76. The molecular weight excluding hydrogens is 273 g/mol. The zero-order chi connectivity index (χ0) is 16.0. The zero-order valence-electron chi connectivity index (χ0n) is 13.3. The molecule has 1 rings (SSSR count). The first-order chi connectivity index (χ1) is 9.77. The second kappa shape index (κ2) is 7.41. The largest absolute Gasteiger partial charge is 0.489 e. The van der Waals surface area contributed by atoms with Gasteiger partial charge < -0.3 is 14.8 Å². The van der Waals surface area contributed by atoms with Gasteiger partial charge in [0.25, 0.3) is 0 Å². The van der Waals surface area contributed by atoms with Gasteiger partial charge in [0.05, 0.1) is 12.5 Å². The van der Waals surface area contributed by atoms with Crippen molar-refractivity contribution in [2.45, 2.75) is 40.3 Å². The molecular formula is C16H24FNO3. The van der Waals surface area contributed by atoms with Gasteiger partial charge in [0, 0.05) is 18.2 Å². The molecule has 0 radical (unpaired) electrons. The van der Waals surface area contributed by atoms with Gasteiger partial charge in [0.2, 0.25) is 0 Å². The van der Waals surface area contributed by atoms with Gasteiger partial charge in [-0.2, -0.15) is 0 Å². The lowest BCUT2D eigenvalue weighted by atomic mass is 9.95. The van der Waals surface area contributed by atoms with Crippen LogP contribution in [-0.4, -0.2) is 25.7 Å². The minimum atomic E-state index is -0.834. The maximum absolute atomic E-state index is 14.0. The topological polar surface area (TPSA) is 47.6 Å². The first kappa shape index (κ1) is 17.4. The number of benzene rings is 1. The summed E-state index contributed by atoms with van der Waals surface area (Å²) in [5.41, 5.74) is -0.107. The smallest absolute Gasteiger partial charge is 0.314 e. The summed E-state index contributed by atoms with van der Waals surface area (Å²) in [5, 5.41) is 3.22. The van der Waals surface area contributed by atoms with Crippen molar-refractivity contribution in [1.82, 2.24) is 5.32 Å². The number of hydrogen-bond donors (Lipinski definition) is 1. The second-order valence-corrected chi connectivity index (χ2v) is 5.93. The van der Waals surface area contributed by atoms with Crippen LogP contribution in [0.15, 0.2) is 18.2 Å². The molecule has 118 valence electrons. The lowest BCUT2D eigenvalue weighted by molar-refractivity contribution is -0.152. The summed E-state index contributed by atoms with van der Waals surface area (Å²) in [4.78, 5) is 11.6. The first-order valence-corrected chi connectivity index (χ1v) is 7.00. The molecule has 0 saturated heterocycles. The Hall–Kier alpha value is -1.62. The monoisotopic (exact) mass is 297 g/mol. The molecule has 0 aliphatic heterocycles. The lowest BCUT2D eigenvalue weighted by Crippen LogP contribution is -2.32. The Morgan fingerprint density at radius 2 is 2.05 bits per heavy atom. The maximum atomic E-state index is 14.0. The van der Waals surface area contributed by atoms with Gasteiger partial charge in [-0.25, -0.2) is 4.39 Å². The number of carbonyl (C=O) groups excluding carboxylic acids is 1. The third-order valence-corrected chi connectivity index (χ3v) is 3.06. The van der Waals surface area contributed by atoms with E-state index in [1.54, 1.807) is 26.0 Å². The van der Waals surface area contributed by atoms with E-state index in [2.05, 4.69) is 5.32 Å². The average molecular weight is 297 g/mol. The Morgan fingerprint density at radius 3 is 2.62 bits per heavy atom. The molecule has 21 heavy (non-hydrogen) atoms. The highest BCUT2D eigenvalue weighted by Crippen LogP contribution is 2.26. The van der Waals surface area contributed by atoms with Crippen LogP contribution in [0.3, 0.4) is 0 Å². The lowest BCUT2D eigenvalue weighted by Gasteiger charge is -2.23. The predicted molar refractivity (Wildman–Crippen MR) is 79.7 cm³/mol. The number of carbonyl (C=O) groups is 1. The van der Waals surface area contributed by atoms with Gasteiger partial charge >= 0.3 is 5.97 Å². The van der Waals surface area contributed by atoms with E-state index in [4.69, 9.17) is 9.47 Å². The van der Waals surface area contributed by atoms with Crippen LogP contribution in [0.4, 0.5) is 4.39 Å². The summed E-state index contributed by atoms with van der Waals surface area (Å²) in [5.74, 6) is -0.637. The summed E-state index contributed by atoms with van der Waals surface area (Å²) in [6, 6.07) is 5.08. The summed E-state index contributed by atoms with van der Waals surface area (Å²) < 4.78 is 24.3. The van der Waals surface area contributed by atoms with Crippen LogP contribution in [0.5, 0.6) is 5.75 Å². The normalized spacial score (nSPS) is 11.6. The molecule has 0 unspecified atom stereocenters. The average Bonchev–Trinajstić information content (AvgIpc) is 2.42. The Labute approximate surface area is 125 Å². The number of esters is 1. The van der Waals surface area contributed by atoms with Crippen molar-refractivity contribution in [3.63, 3.8) is 0 Å². The van der Waals surface area contributed by atoms with Crippen LogP contribution >= 0.6 is 0 Å². The molecule has 0 aliphatic carbocycles. The highest BCUT2D eigenvalue weighted by atomic mass is 19.1. The van der Waals surface area contributed by atoms with Crippen molar-refractivity contribution < 1.29 is 18.7 Å². The number of hydrogen-bond acceptors (Lipinski definition) is 4. The molecule has 0 bridgehead atoms. The molecule has 1 aromatic rings. The maximum Gasteiger partial charge on any atom is 0.314 e. The fourth-order valence-corrected chi connectivity index (χ4v) is 1.76. The number of rotatable bonds is 7. The van der Waals surface area contributed by atoms with Crippen molar-refractivity contribution in [3.8, 4) is 5.75 Å². The van der Waals surface area contributed by atoms with Crippen molar-refractivity contribution in [2.75, 3.05) is 13.7 Å². The van der Waals surface area contributed by atoms with Gasteiger partial charge in [0.1, 0.15) is 6.61 Å². The number of ether oxygens (including phenoxy) is 2. The molecule has 0 saturated carbocycles. The molecule has 0 aromatic heterocycles. The van der Waals surface area contributed by atoms with E-state index in [-0.39, 0.29) is 24.4 Å². The van der Waals surface area contributed by atoms with Crippen LogP contribution in [0.2, 0.25) is 0 Å². The molecule has 4 nitrogen and oxygen atoms in total. The third kappa shape index (κ3) is 5.01. The highest BCUT2D eigenvalue weighted by Gasteiger charge is 2.30. The van der Waals surface area contributed by atoms with Crippen molar-refractivity contribution in [1.29, 1.82) is 0 Å². The van der Waals surface area contributed by atoms with E-state index in [1.165, 1.54) is 13.2 Å². The van der Waals surface area contributed by atoms with Gasteiger partial charge in [-0.1, -0.05) is 26.0 Å². The van der Waals surface area contributed by atoms with Crippen LogP contribution in [0, 0.1) is 11.2 Å². The van der Waals surface area contributed by atoms with E-state index < -0.39 is 11.2 Å². The standard InChI is InChI=1S/C16H24FNO3/c1-11(2)18-9-12-7-6-8-13(17)14(12)21-10-16(3,4)15(19)20-5/h6-8,11,18H,9-10H2,1-5H3. The predicted octanol–water partition coefficient (Wildman–Crippen LogP) is 2.90. The molecule has 0 fully saturated rings. The summed E-state index contributed by atoms with van der Waals surface area (Å²) in [7, 11) is 1.32. The minimum absolute atomic E-state index is 0.0509. The number of para-hydroxylation sites is 1. The van der Waals surface area contributed by atoms with E-state index in [1.807, 2.05) is 13.8 Å². The summed E-state index contributed by atoms with van der Waals surface area (Å²) in [6.45, 7) is 7.98. The summed E-state index contributed by atoms with van der Waals surface area (Å²) in [6.07, 6.45) is 0. The van der Waals surface area contributed by atoms with Crippen LogP contribution in [0.25, 0.3) is 0 Å². The van der Waals surface area contributed by atoms with Gasteiger partial charge in [0.15, 0.2) is 11.6 Å². The van der Waals surface area contributed by atoms with E-state index in [9.17, 15) is 9.18 Å².